The molecule has 2 rings (SSSR count). The number of amides is 1. The highest BCUT2D eigenvalue weighted by Gasteiger charge is 2.05. The first-order valence-corrected chi connectivity index (χ1v) is 6.34. The van der Waals surface area contributed by atoms with Gasteiger partial charge in [0, 0.05) is 5.69 Å². The molecule has 3 nitrogen and oxygen atoms in total. The van der Waals surface area contributed by atoms with Crippen molar-refractivity contribution in [3.8, 4) is 0 Å². The van der Waals surface area contributed by atoms with Crippen LogP contribution in [-0.4, -0.2) is 10.9 Å². The highest BCUT2D eigenvalue weighted by Crippen LogP contribution is 2.11. The number of benzene rings is 1. The zero-order valence-electron chi connectivity index (χ0n) is 11.5. The van der Waals surface area contributed by atoms with Crippen molar-refractivity contribution in [1.29, 1.82) is 0 Å². The Morgan fingerprint density at radius 3 is 2.58 bits per heavy atom. The van der Waals surface area contributed by atoms with Crippen molar-refractivity contribution >= 4 is 11.7 Å². The van der Waals surface area contributed by atoms with E-state index in [1.807, 2.05) is 31.2 Å². The van der Waals surface area contributed by atoms with E-state index in [9.17, 15) is 4.79 Å². The van der Waals surface area contributed by atoms with E-state index in [0.29, 0.717) is 12.2 Å². The SMILES string of the molecule is Cc1cccc(NC(=O)Cc2ccc(C)c(C)c2)n1. The number of aryl methyl sites for hydroxylation is 3. The fourth-order valence-corrected chi connectivity index (χ4v) is 1.90. The van der Waals surface area contributed by atoms with Gasteiger partial charge in [-0.15, -0.1) is 0 Å². The van der Waals surface area contributed by atoms with Gasteiger partial charge in [0.1, 0.15) is 5.82 Å². The van der Waals surface area contributed by atoms with Gasteiger partial charge in [-0.2, -0.15) is 0 Å². The van der Waals surface area contributed by atoms with E-state index in [4.69, 9.17) is 0 Å². The van der Waals surface area contributed by atoms with Crippen molar-refractivity contribution in [1.82, 2.24) is 4.98 Å². The molecule has 0 unspecified atom stereocenters. The number of aromatic nitrogens is 1. The fourth-order valence-electron chi connectivity index (χ4n) is 1.90. The summed E-state index contributed by atoms with van der Waals surface area (Å²) >= 11 is 0. The largest absolute Gasteiger partial charge is 0.310 e. The second kappa shape index (κ2) is 5.65. The molecule has 1 heterocycles. The second-order valence-corrected chi connectivity index (χ2v) is 4.81. The van der Waals surface area contributed by atoms with Gasteiger partial charge in [0.05, 0.1) is 6.42 Å². The summed E-state index contributed by atoms with van der Waals surface area (Å²) in [5.74, 6) is 0.565. The number of pyridine rings is 1. The number of nitrogens with zero attached hydrogens (tertiary/aromatic N) is 1. The molecule has 1 amide bonds. The summed E-state index contributed by atoms with van der Waals surface area (Å²) in [4.78, 5) is 16.2. The number of rotatable bonds is 3. The summed E-state index contributed by atoms with van der Waals surface area (Å²) in [6.07, 6.45) is 0.372. The lowest BCUT2D eigenvalue weighted by Crippen LogP contribution is -2.15. The first-order chi connectivity index (χ1) is 9.04. The van der Waals surface area contributed by atoms with Crippen LogP contribution in [0.15, 0.2) is 36.4 Å². The average molecular weight is 254 g/mol. The number of hydrogen-bond acceptors (Lipinski definition) is 2. The molecule has 0 saturated carbocycles. The third-order valence-corrected chi connectivity index (χ3v) is 3.09. The summed E-state index contributed by atoms with van der Waals surface area (Å²) in [7, 11) is 0. The van der Waals surface area contributed by atoms with Gasteiger partial charge in [0.2, 0.25) is 5.91 Å². The van der Waals surface area contributed by atoms with Crippen LogP contribution >= 0.6 is 0 Å². The highest BCUT2D eigenvalue weighted by molar-refractivity contribution is 5.91. The zero-order chi connectivity index (χ0) is 13.8. The van der Waals surface area contributed by atoms with Gasteiger partial charge in [0.15, 0.2) is 0 Å². The fraction of sp³-hybridized carbons (Fsp3) is 0.250. The van der Waals surface area contributed by atoms with Gasteiger partial charge in [-0.1, -0.05) is 24.3 Å². The van der Waals surface area contributed by atoms with Gasteiger partial charge in [-0.25, -0.2) is 4.98 Å². The second-order valence-electron chi connectivity index (χ2n) is 4.81. The molecule has 0 aliphatic carbocycles. The van der Waals surface area contributed by atoms with Crippen LogP contribution in [0.1, 0.15) is 22.4 Å². The van der Waals surface area contributed by atoms with Crippen LogP contribution in [0.3, 0.4) is 0 Å². The molecule has 0 saturated heterocycles. The lowest BCUT2D eigenvalue weighted by atomic mass is 10.0. The van der Waals surface area contributed by atoms with Crippen molar-refractivity contribution in [3.63, 3.8) is 0 Å². The number of nitrogens with one attached hydrogen (secondary N) is 1. The van der Waals surface area contributed by atoms with Gasteiger partial charge >= 0.3 is 0 Å². The molecule has 0 spiro atoms. The van der Waals surface area contributed by atoms with Crippen LogP contribution in [0.25, 0.3) is 0 Å². The first-order valence-electron chi connectivity index (χ1n) is 6.34. The monoisotopic (exact) mass is 254 g/mol. The van der Waals surface area contributed by atoms with Crippen LogP contribution in [0, 0.1) is 20.8 Å². The van der Waals surface area contributed by atoms with Crippen LogP contribution in [0.4, 0.5) is 5.82 Å². The van der Waals surface area contributed by atoms with Crippen LogP contribution in [0.2, 0.25) is 0 Å². The van der Waals surface area contributed by atoms with Crippen LogP contribution < -0.4 is 5.32 Å². The molecule has 2 aromatic rings. The Bertz CT molecular complexity index is 605. The van der Waals surface area contributed by atoms with Crippen molar-refractivity contribution in [3.05, 3.63) is 58.8 Å². The molecular weight excluding hydrogens is 236 g/mol. The van der Waals surface area contributed by atoms with Crippen molar-refractivity contribution < 1.29 is 4.79 Å². The maximum Gasteiger partial charge on any atom is 0.229 e. The van der Waals surface area contributed by atoms with E-state index in [0.717, 1.165) is 11.3 Å². The predicted molar refractivity (Wildman–Crippen MR) is 77.2 cm³/mol. The van der Waals surface area contributed by atoms with E-state index in [-0.39, 0.29) is 5.91 Å². The molecule has 0 radical (unpaired) electrons. The summed E-state index contributed by atoms with van der Waals surface area (Å²) < 4.78 is 0. The lowest BCUT2D eigenvalue weighted by molar-refractivity contribution is -0.115. The molecule has 0 atom stereocenters. The third kappa shape index (κ3) is 3.65. The normalized spacial score (nSPS) is 10.3. The van der Waals surface area contributed by atoms with E-state index in [1.54, 1.807) is 6.07 Å². The van der Waals surface area contributed by atoms with E-state index < -0.39 is 0 Å². The Hall–Kier alpha value is -2.16. The topological polar surface area (TPSA) is 42.0 Å². The first kappa shape index (κ1) is 13.3. The Morgan fingerprint density at radius 2 is 1.89 bits per heavy atom. The standard InChI is InChI=1S/C16H18N2O/c1-11-7-8-14(9-12(11)2)10-16(19)18-15-6-4-5-13(3)17-15/h4-9H,10H2,1-3H3,(H,17,18,19). The van der Waals surface area contributed by atoms with Gasteiger partial charge in [-0.05, 0) is 49.6 Å². The molecule has 1 N–H and O–H groups in total. The summed E-state index contributed by atoms with van der Waals surface area (Å²) in [5, 5.41) is 2.82. The van der Waals surface area contributed by atoms with E-state index in [1.165, 1.54) is 11.1 Å². The number of hydrogen-bond donors (Lipinski definition) is 1. The minimum Gasteiger partial charge on any atom is -0.310 e. The molecule has 0 bridgehead atoms. The third-order valence-electron chi connectivity index (χ3n) is 3.09. The maximum absolute atomic E-state index is 11.9. The Balaban J connectivity index is 2.03. The molecule has 0 aliphatic rings. The number of carbonyl (C=O) groups excluding carboxylic acids is 1. The minimum atomic E-state index is -0.0404. The molecule has 1 aromatic heterocycles. The molecule has 0 fully saturated rings. The molecule has 1 aromatic carbocycles. The molecular formula is C16H18N2O. The minimum absolute atomic E-state index is 0.0404. The molecule has 98 valence electrons. The predicted octanol–water partition coefficient (Wildman–Crippen LogP) is 3.19. The van der Waals surface area contributed by atoms with Crippen molar-refractivity contribution in [2.24, 2.45) is 0 Å². The highest BCUT2D eigenvalue weighted by atomic mass is 16.1. The Morgan fingerprint density at radius 1 is 1.11 bits per heavy atom. The zero-order valence-corrected chi connectivity index (χ0v) is 11.5. The van der Waals surface area contributed by atoms with Crippen molar-refractivity contribution in [2.45, 2.75) is 27.2 Å². The maximum atomic E-state index is 11.9. The number of anilines is 1. The van der Waals surface area contributed by atoms with Gasteiger partial charge in [-0.3, -0.25) is 4.79 Å². The Kier molecular flexibility index (Phi) is 3.95. The van der Waals surface area contributed by atoms with Gasteiger partial charge in [0.25, 0.3) is 0 Å². The van der Waals surface area contributed by atoms with Crippen LogP contribution in [0.5, 0.6) is 0 Å². The van der Waals surface area contributed by atoms with Crippen molar-refractivity contribution in [2.75, 3.05) is 5.32 Å². The summed E-state index contributed by atoms with van der Waals surface area (Å²) in [6.45, 7) is 6.02. The van der Waals surface area contributed by atoms with E-state index in [2.05, 4.69) is 30.2 Å². The van der Waals surface area contributed by atoms with Crippen LogP contribution in [-0.2, 0) is 11.2 Å². The lowest BCUT2D eigenvalue weighted by Gasteiger charge is -2.07. The molecule has 0 aliphatic heterocycles. The Labute approximate surface area is 113 Å². The summed E-state index contributed by atoms with van der Waals surface area (Å²) in [6, 6.07) is 11.7. The summed E-state index contributed by atoms with van der Waals surface area (Å²) in [5.41, 5.74) is 4.36. The molecule has 3 heteroatoms. The number of carbonyl (C=O) groups is 1. The molecule has 19 heavy (non-hydrogen) atoms. The average Bonchev–Trinajstić information content (AvgIpc) is 2.34. The quantitative estimate of drug-likeness (QED) is 0.914. The smallest absolute Gasteiger partial charge is 0.229 e. The van der Waals surface area contributed by atoms with Gasteiger partial charge < -0.3 is 5.32 Å². The van der Waals surface area contributed by atoms with E-state index >= 15 is 0 Å².